The van der Waals surface area contributed by atoms with Crippen molar-refractivity contribution in [2.24, 2.45) is 0 Å². The molecule has 102 valence electrons. The average molecular weight is 277 g/mol. The van der Waals surface area contributed by atoms with Gasteiger partial charge in [-0.25, -0.2) is 4.98 Å². The molecule has 2 atom stereocenters. The second-order valence-electron chi connectivity index (χ2n) is 5.43. The molecule has 1 heterocycles. The summed E-state index contributed by atoms with van der Waals surface area (Å²) in [6.07, 6.45) is 4.49. The monoisotopic (exact) mass is 277 g/mol. The summed E-state index contributed by atoms with van der Waals surface area (Å²) in [5, 5.41) is 11.8. The van der Waals surface area contributed by atoms with Crippen LogP contribution in [-0.2, 0) is 11.2 Å². The van der Waals surface area contributed by atoms with Gasteiger partial charge in [-0.1, -0.05) is 12.1 Å². The molecular weight excluding hydrogens is 258 g/mol. The van der Waals surface area contributed by atoms with Crippen molar-refractivity contribution in [3.8, 4) is 0 Å². The molecule has 0 radical (unpaired) electrons. The average Bonchev–Trinajstić information content (AvgIpc) is 2.79. The quantitative estimate of drug-likeness (QED) is 0.937. The summed E-state index contributed by atoms with van der Waals surface area (Å²) < 4.78 is 6.60. The molecule has 1 saturated carbocycles. The number of ether oxygens (including phenoxy) is 1. The Hall–Kier alpha value is -0.970. The summed E-state index contributed by atoms with van der Waals surface area (Å²) >= 11 is 1.69. The maximum Gasteiger partial charge on any atom is 0.0967 e. The molecule has 2 unspecified atom stereocenters. The van der Waals surface area contributed by atoms with Crippen LogP contribution in [0.5, 0.6) is 0 Å². The lowest BCUT2D eigenvalue weighted by atomic mass is 9.81. The second-order valence-corrected chi connectivity index (χ2v) is 6.55. The summed E-state index contributed by atoms with van der Waals surface area (Å²) in [4.78, 5) is 4.62. The Morgan fingerprint density at radius 1 is 1.47 bits per heavy atom. The third-order valence-electron chi connectivity index (χ3n) is 3.93. The molecule has 19 heavy (non-hydrogen) atoms. The molecule has 2 aromatic rings. The zero-order valence-electron chi connectivity index (χ0n) is 11.1. The Balaban J connectivity index is 1.79. The van der Waals surface area contributed by atoms with Crippen LogP contribution in [0.25, 0.3) is 10.2 Å². The number of thiazole rings is 1. The van der Waals surface area contributed by atoms with Crippen LogP contribution in [0.15, 0.2) is 24.3 Å². The number of hydrogen-bond acceptors (Lipinski definition) is 4. The lowest BCUT2D eigenvalue weighted by Gasteiger charge is -2.35. The number of para-hydroxylation sites is 1. The van der Waals surface area contributed by atoms with Crippen molar-refractivity contribution in [3.63, 3.8) is 0 Å². The van der Waals surface area contributed by atoms with Crippen molar-refractivity contribution >= 4 is 21.6 Å². The van der Waals surface area contributed by atoms with Crippen LogP contribution in [0.1, 0.15) is 30.7 Å². The van der Waals surface area contributed by atoms with Gasteiger partial charge in [0, 0.05) is 20.0 Å². The van der Waals surface area contributed by atoms with Gasteiger partial charge in [-0.3, -0.25) is 0 Å². The minimum Gasteiger partial charge on any atom is -0.389 e. The van der Waals surface area contributed by atoms with Gasteiger partial charge in [-0.15, -0.1) is 11.3 Å². The third kappa shape index (κ3) is 2.81. The van der Waals surface area contributed by atoms with E-state index in [1.54, 1.807) is 18.4 Å². The first-order chi connectivity index (χ1) is 9.18. The molecule has 1 aliphatic rings. The highest BCUT2D eigenvalue weighted by atomic mass is 32.1. The van der Waals surface area contributed by atoms with E-state index in [4.69, 9.17) is 4.74 Å². The van der Waals surface area contributed by atoms with Crippen LogP contribution in [0.2, 0.25) is 0 Å². The molecule has 4 heteroatoms. The summed E-state index contributed by atoms with van der Waals surface area (Å²) in [5.74, 6) is 0. The largest absolute Gasteiger partial charge is 0.389 e. The predicted molar refractivity (Wildman–Crippen MR) is 77.5 cm³/mol. The van der Waals surface area contributed by atoms with E-state index < -0.39 is 5.60 Å². The van der Waals surface area contributed by atoms with E-state index in [1.807, 2.05) is 18.2 Å². The number of methoxy groups -OCH3 is 1. The number of nitrogens with zero attached hydrogens (tertiary/aromatic N) is 1. The number of hydrogen-bond donors (Lipinski definition) is 1. The molecule has 1 aromatic carbocycles. The van der Waals surface area contributed by atoms with Crippen molar-refractivity contribution in [1.29, 1.82) is 0 Å². The molecule has 1 N–H and O–H groups in total. The predicted octanol–water partition coefficient (Wildman–Crippen LogP) is 3.16. The molecule has 0 aliphatic heterocycles. The number of aliphatic hydroxyl groups is 1. The lowest BCUT2D eigenvalue weighted by molar-refractivity contribution is -0.0581. The van der Waals surface area contributed by atoms with Gasteiger partial charge in [0.05, 0.1) is 26.9 Å². The zero-order chi connectivity index (χ0) is 13.3. The molecule has 1 aromatic heterocycles. The molecule has 1 fully saturated rings. The highest BCUT2D eigenvalue weighted by Gasteiger charge is 2.35. The van der Waals surface area contributed by atoms with Crippen LogP contribution >= 0.6 is 11.3 Å². The van der Waals surface area contributed by atoms with Gasteiger partial charge < -0.3 is 9.84 Å². The van der Waals surface area contributed by atoms with Gasteiger partial charge in [0.2, 0.25) is 0 Å². The van der Waals surface area contributed by atoms with Crippen LogP contribution in [-0.4, -0.2) is 28.9 Å². The van der Waals surface area contributed by atoms with E-state index in [-0.39, 0.29) is 6.10 Å². The smallest absolute Gasteiger partial charge is 0.0967 e. The molecule has 0 bridgehead atoms. The first-order valence-electron chi connectivity index (χ1n) is 6.78. The molecule has 0 saturated heterocycles. The van der Waals surface area contributed by atoms with E-state index in [1.165, 1.54) is 4.70 Å². The highest BCUT2D eigenvalue weighted by molar-refractivity contribution is 7.18. The molecule has 1 aliphatic carbocycles. The highest BCUT2D eigenvalue weighted by Crippen LogP contribution is 2.34. The number of benzene rings is 1. The summed E-state index contributed by atoms with van der Waals surface area (Å²) in [5.41, 5.74) is 0.387. The normalized spacial score (nSPS) is 27.8. The fourth-order valence-corrected chi connectivity index (χ4v) is 4.03. The maximum absolute atomic E-state index is 10.7. The van der Waals surface area contributed by atoms with Crippen molar-refractivity contribution in [2.75, 3.05) is 7.11 Å². The summed E-state index contributed by atoms with van der Waals surface area (Å²) in [6, 6.07) is 8.14. The van der Waals surface area contributed by atoms with Crippen LogP contribution in [0.4, 0.5) is 0 Å². The molecule has 0 spiro atoms. The van der Waals surface area contributed by atoms with Gasteiger partial charge in [0.1, 0.15) is 0 Å². The fourth-order valence-electron chi connectivity index (χ4n) is 2.93. The van der Waals surface area contributed by atoms with Gasteiger partial charge in [0.25, 0.3) is 0 Å². The minimum atomic E-state index is -0.646. The summed E-state index contributed by atoms with van der Waals surface area (Å²) in [6.45, 7) is 0. The van der Waals surface area contributed by atoms with Crippen LogP contribution in [0, 0.1) is 0 Å². The number of rotatable bonds is 3. The van der Waals surface area contributed by atoms with Gasteiger partial charge in [0.15, 0.2) is 0 Å². The van der Waals surface area contributed by atoms with Crippen molar-refractivity contribution in [3.05, 3.63) is 29.3 Å². The Bertz CT molecular complexity index is 535. The van der Waals surface area contributed by atoms with E-state index in [0.29, 0.717) is 6.42 Å². The molecule has 3 nitrogen and oxygen atoms in total. The number of aromatic nitrogens is 1. The fraction of sp³-hybridized carbons (Fsp3) is 0.533. The van der Waals surface area contributed by atoms with Gasteiger partial charge in [-0.2, -0.15) is 0 Å². The van der Waals surface area contributed by atoms with E-state index in [2.05, 4.69) is 11.1 Å². The second kappa shape index (κ2) is 5.19. The van der Waals surface area contributed by atoms with Crippen molar-refractivity contribution in [2.45, 2.75) is 43.8 Å². The molecular formula is C15H19NO2S. The van der Waals surface area contributed by atoms with Gasteiger partial charge >= 0.3 is 0 Å². The first-order valence-corrected chi connectivity index (χ1v) is 7.60. The molecule has 3 rings (SSSR count). The Morgan fingerprint density at radius 2 is 2.32 bits per heavy atom. The Morgan fingerprint density at radius 3 is 3.11 bits per heavy atom. The topological polar surface area (TPSA) is 42.4 Å². The molecule has 0 amide bonds. The number of fused-ring (bicyclic) bond motifs is 1. The third-order valence-corrected chi connectivity index (χ3v) is 4.96. The Kier molecular flexibility index (Phi) is 3.56. The standard InChI is InChI=1S/C15H19NO2S/c1-18-11-5-4-8-15(17,9-11)10-14-16-12-6-2-3-7-13(12)19-14/h2-3,6-7,11,17H,4-5,8-10H2,1H3. The zero-order valence-corrected chi connectivity index (χ0v) is 11.9. The van der Waals surface area contributed by atoms with Crippen LogP contribution < -0.4 is 0 Å². The van der Waals surface area contributed by atoms with Crippen molar-refractivity contribution < 1.29 is 9.84 Å². The SMILES string of the molecule is COC1CCCC(O)(Cc2nc3ccccc3s2)C1. The maximum atomic E-state index is 10.7. The lowest BCUT2D eigenvalue weighted by Crippen LogP contribution is -2.40. The van der Waals surface area contributed by atoms with Crippen molar-refractivity contribution in [1.82, 2.24) is 4.98 Å². The van der Waals surface area contributed by atoms with E-state index >= 15 is 0 Å². The van der Waals surface area contributed by atoms with Crippen LogP contribution in [0.3, 0.4) is 0 Å². The van der Waals surface area contributed by atoms with E-state index in [0.717, 1.165) is 36.2 Å². The minimum absolute atomic E-state index is 0.188. The summed E-state index contributed by atoms with van der Waals surface area (Å²) in [7, 11) is 1.73. The Labute approximate surface area is 117 Å². The van der Waals surface area contributed by atoms with E-state index in [9.17, 15) is 5.11 Å². The first kappa shape index (κ1) is 13.0. The van der Waals surface area contributed by atoms with Gasteiger partial charge in [-0.05, 0) is 31.4 Å².